The largest absolute Gasteiger partial charge is 0.357 e. The average molecular weight is 204 g/mol. The quantitative estimate of drug-likeness (QED) is 0.494. The number of aryl methyl sites for hydroxylation is 2. The zero-order valence-corrected chi connectivity index (χ0v) is 8.79. The van der Waals surface area contributed by atoms with E-state index in [9.17, 15) is 4.39 Å². The monoisotopic (exact) mass is 204 g/mol. The van der Waals surface area contributed by atoms with Gasteiger partial charge in [-0.15, -0.1) is 4.39 Å². The van der Waals surface area contributed by atoms with Crippen LogP contribution in [-0.2, 0) is 7.05 Å². The highest BCUT2D eigenvalue weighted by Crippen LogP contribution is 2.15. The van der Waals surface area contributed by atoms with Gasteiger partial charge >= 0.3 is 5.95 Å². The van der Waals surface area contributed by atoms with Crippen LogP contribution in [0.4, 0.5) is 4.39 Å². The zero-order valence-electron chi connectivity index (χ0n) is 8.79. The molecule has 0 atom stereocenters. The average Bonchev–Trinajstić information content (AvgIpc) is 2.23. The molecule has 0 fully saturated rings. The van der Waals surface area contributed by atoms with Crippen molar-refractivity contribution in [1.29, 1.82) is 0 Å². The van der Waals surface area contributed by atoms with Crippen molar-refractivity contribution in [2.24, 2.45) is 7.05 Å². The Balaban J connectivity index is 2.45. The van der Waals surface area contributed by atoms with Crippen molar-refractivity contribution in [1.82, 2.24) is 0 Å². The van der Waals surface area contributed by atoms with Gasteiger partial charge in [-0.3, -0.25) is 0 Å². The molecular formula is C12H13FN2+2. The molecule has 15 heavy (non-hydrogen) atoms. The lowest BCUT2D eigenvalue weighted by molar-refractivity contribution is -0.677. The van der Waals surface area contributed by atoms with Gasteiger partial charge in [0, 0.05) is 19.1 Å². The van der Waals surface area contributed by atoms with Gasteiger partial charge in [0.05, 0.1) is 11.1 Å². The van der Waals surface area contributed by atoms with E-state index < -0.39 is 0 Å². The van der Waals surface area contributed by atoms with Crippen molar-refractivity contribution in [2.45, 2.75) is 6.92 Å². The summed E-state index contributed by atoms with van der Waals surface area (Å²) < 4.78 is 14.7. The number of rotatable bonds is 1. The third-order valence-corrected chi connectivity index (χ3v) is 2.50. The van der Waals surface area contributed by atoms with Gasteiger partial charge in [0.25, 0.3) is 0 Å². The summed E-state index contributed by atoms with van der Waals surface area (Å²) in [7, 11) is 1.99. The molecule has 0 amide bonds. The first-order valence-electron chi connectivity index (χ1n) is 4.81. The molecule has 0 radical (unpaired) electrons. The summed E-state index contributed by atoms with van der Waals surface area (Å²) >= 11 is 0. The van der Waals surface area contributed by atoms with Crippen molar-refractivity contribution < 1.29 is 13.9 Å². The molecule has 2 heterocycles. The number of H-pyrrole nitrogens is 1. The predicted octanol–water partition coefficient (Wildman–Crippen LogP) is 1.44. The molecule has 0 aliphatic carbocycles. The fourth-order valence-corrected chi connectivity index (χ4v) is 1.44. The summed E-state index contributed by atoms with van der Waals surface area (Å²) in [5, 5.41) is 0. The van der Waals surface area contributed by atoms with E-state index in [-0.39, 0.29) is 5.95 Å². The predicted molar refractivity (Wildman–Crippen MR) is 54.3 cm³/mol. The fourth-order valence-electron chi connectivity index (χ4n) is 1.44. The van der Waals surface area contributed by atoms with Crippen LogP contribution in [0.3, 0.4) is 0 Å². The second kappa shape index (κ2) is 3.77. The van der Waals surface area contributed by atoms with Crippen LogP contribution in [0, 0.1) is 12.9 Å². The van der Waals surface area contributed by atoms with Gasteiger partial charge in [-0.2, -0.15) is 4.98 Å². The van der Waals surface area contributed by atoms with E-state index in [1.54, 1.807) is 12.3 Å². The van der Waals surface area contributed by atoms with Crippen LogP contribution >= 0.6 is 0 Å². The number of halogens is 1. The van der Waals surface area contributed by atoms with Crippen LogP contribution < -0.4 is 9.55 Å². The molecular weight excluding hydrogens is 191 g/mol. The van der Waals surface area contributed by atoms with Gasteiger partial charge in [0.15, 0.2) is 18.1 Å². The van der Waals surface area contributed by atoms with Gasteiger partial charge in [-0.05, 0) is 12.1 Å². The van der Waals surface area contributed by atoms with Crippen molar-refractivity contribution in [3.63, 3.8) is 0 Å². The number of hydrogen-bond acceptors (Lipinski definition) is 0. The lowest BCUT2D eigenvalue weighted by Crippen LogP contribution is -2.31. The Morgan fingerprint density at radius 1 is 1.13 bits per heavy atom. The molecule has 0 spiro atoms. The molecule has 2 nitrogen and oxygen atoms in total. The van der Waals surface area contributed by atoms with Gasteiger partial charge in [-0.1, -0.05) is 0 Å². The molecule has 76 valence electrons. The topological polar surface area (TPSA) is 18.0 Å². The standard InChI is InChI=1S/C12H12FN2/c1-9-3-4-11(8-15(9)2)10-5-6-12(13)14-7-10/h3-8H,1-2H3/q+1/p+1. The number of hydrogen-bond donors (Lipinski definition) is 0. The maximum atomic E-state index is 12.7. The van der Waals surface area contributed by atoms with E-state index >= 15 is 0 Å². The van der Waals surface area contributed by atoms with E-state index in [1.807, 2.05) is 36.9 Å². The number of nitrogens with zero attached hydrogens (tertiary/aromatic N) is 1. The number of pyridine rings is 2. The highest BCUT2D eigenvalue weighted by atomic mass is 19.1. The summed E-state index contributed by atoms with van der Waals surface area (Å²) in [5.74, 6) is -0.324. The lowest BCUT2D eigenvalue weighted by atomic mass is 10.1. The van der Waals surface area contributed by atoms with Gasteiger partial charge in [0.2, 0.25) is 0 Å². The van der Waals surface area contributed by atoms with E-state index in [0.29, 0.717) is 0 Å². The van der Waals surface area contributed by atoms with E-state index in [4.69, 9.17) is 0 Å². The number of aromatic nitrogens is 2. The Morgan fingerprint density at radius 3 is 2.47 bits per heavy atom. The maximum absolute atomic E-state index is 12.7. The van der Waals surface area contributed by atoms with Crippen molar-refractivity contribution in [3.8, 4) is 11.1 Å². The summed E-state index contributed by atoms with van der Waals surface area (Å²) in [4.78, 5) is 2.56. The Kier molecular flexibility index (Phi) is 2.46. The third kappa shape index (κ3) is 2.01. The minimum Gasteiger partial charge on any atom is -0.205 e. The van der Waals surface area contributed by atoms with Gasteiger partial charge in [-0.25, -0.2) is 4.57 Å². The van der Waals surface area contributed by atoms with Crippen LogP contribution in [0.15, 0.2) is 36.7 Å². The second-order valence-corrected chi connectivity index (χ2v) is 3.60. The number of nitrogens with one attached hydrogen (secondary N) is 1. The summed E-state index contributed by atoms with van der Waals surface area (Å²) in [6.07, 6.45) is 3.69. The molecule has 3 heteroatoms. The SMILES string of the molecule is Cc1ccc(-c2ccc(F)[nH+]c2)c[n+]1C. The van der Waals surface area contributed by atoms with E-state index in [0.717, 1.165) is 11.1 Å². The van der Waals surface area contributed by atoms with Crippen LogP contribution in [0.2, 0.25) is 0 Å². The Hall–Kier alpha value is -1.77. The van der Waals surface area contributed by atoms with Crippen LogP contribution in [0.5, 0.6) is 0 Å². The van der Waals surface area contributed by atoms with Crippen LogP contribution in [0.25, 0.3) is 11.1 Å². The van der Waals surface area contributed by atoms with Crippen molar-refractivity contribution in [2.75, 3.05) is 0 Å². The van der Waals surface area contributed by atoms with Gasteiger partial charge < -0.3 is 0 Å². The highest BCUT2D eigenvalue weighted by Gasteiger charge is 2.07. The smallest absolute Gasteiger partial charge is 0.205 e. The molecule has 0 aliphatic rings. The summed E-state index contributed by atoms with van der Waals surface area (Å²) in [6.45, 7) is 2.04. The zero-order chi connectivity index (χ0) is 10.8. The summed E-state index contributed by atoms with van der Waals surface area (Å²) in [5.41, 5.74) is 3.23. The first kappa shape index (κ1) is 9.77. The Bertz CT molecular complexity index is 477. The molecule has 0 bridgehead atoms. The molecule has 0 saturated heterocycles. The maximum Gasteiger partial charge on any atom is 0.357 e. The van der Waals surface area contributed by atoms with Crippen LogP contribution in [-0.4, -0.2) is 0 Å². The molecule has 0 saturated carbocycles. The van der Waals surface area contributed by atoms with E-state index in [2.05, 4.69) is 4.98 Å². The minimum atomic E-state index is -0.324. The fraction of sp³-hybridized carbons (Fsp3) is 0.167. The molecule has 2 rings (SSSR count). The first-order chi connectivity index (χ1) is 7.16. The third-order valence-electron chi connectivity index (χ3n) is 2.50. The number of aromatic amines is 1. The van der Waals surface area contributed by atoms with Crippen molar-refractivity contribution in [3.05, 3.63) is 48.3 Å². The molecule has 1 N–H and O–H groups in total. The highest BCUT2D eigenvalue weighted by molar-refractivity contribution is 5.59. The summed E-state index contributed by atoms with van der Waals surface area (Å²) in [6, 6.07) is 7.25. The van der Waals surface area contributed by atoms with E-state index in [1.165, 1.54) is 11.8 Å². The Labute approximate surface area is 88.0 Å². The molecule has 0 aliphatic heterocycles. The van der Waals surface area contributed by atoms with Gasteiger partial charge in [0.1, 0.15) is 7.05 Å². The molecule has 2 aromatic rings. The van der Waals surface area contributed by atoms with Crippen molar-refractivity contribution >= 4 is 0 Å². The minimum absolute atomic E-state index is 0.324. The first-order valence-corrected chi connectivity index (χ1v) is 4.81. The normalized spacial score (nSPS) is 10.3. The second-order valence-electron chi connectivity index (χ2n) is 3.60. The lowest BCUT2D eigenvalue weighted by Gasteiger charge is -1.98. The molecule has 2 aromatic heterocycles. The molecule has 0 unspecified atom stereocenters. The molecule has 0 aromatic carbocycles. The van der Waals surface area contributed by atoms with Crippen LogP contribution in [0.1, 0.15) is 5.69 Å². The Morgan fingerprint density at radius 2 is 1.87 bits per heavy atom.